The number of amides is 2. The fourth-order valence-electron chi connectivity index (χ4n) is 7.05. The van der Waals surface area contributed by atoms with Gasteiger partial charge in [-0.2, -0.15) is 0 Å². The lowest BCUT2D eigenvalue weighted by Gasteiger charge is -2.35. The molecule has 0 bridgehead atoms. The molecule has 1 aromatic heterocycles. The van der Waals surface area contributed by atoms with Crippen LogP contribution in [0.5, 0.6) is 0 Å². The highest BCUT2D eigenvalue weighted by atomic mass is 19.1. The van der Waals surface area contributed by atoms with Crippen molar-refractivity contribution in [3.63, 3.8) is 0 Å². The second-order valence-corrected chi connectivity index (χ2v) is 11.5. The zero-order chi connectivity index (χ0) is 27.3. The van der Waals surface area contributed by atoms with Crippen molar-refractivity contribution in [2.75, 3.05) is 13.1 Å². The fourth-order valence-corrected chi connectivity index (χ4v) is 7.05. The van der Waals surface area contributed by atoms with Crippen LogP contribution in [0.1, 0.15) is 60.9 Å². The third-order valence-electron chi connectivity index (χ3n) is 9.08. The monoisotopic (exact) mass is 537 g/mol. The van der Waals surface area contributed by atoms with E-state index in [0.717, 1.165) is 66.7 Å². The highest BCUT2D eigenvalue weighted by Crippen LogP contribution is 2.47. The molecular weight excluding hydrogens is 505 g/mol. The van der Waals surface area contributed by atoms with Crippen LogP contribution in [-0.2, 0) is 22.4 Å². The van der Waals surface area contributed by atoms with Gasteiger partial charge >= 0.3 is 0 Å². The van der Waals surface area contributed by atoms with E-state index in [1.165, 1.54) is 6.07 Å². The Bertz CT molecular complexity index is 1530. The summed E-state index contributed by atoms with van der Waals surface area (Å²) in [6.45, 7) is 1.10. The van der Waals surface area contributed by atoms with Crippen LogP contribution in [0.2, 0.25) is 0 Å². The number of pyridine rings is 1. The van der Waals surface area contributed by atoms with Crippen LogP contribution in [0.15, 0.2) is 71.1 Å². The average molecular weight is 538 g/mol. The molecule has 1 fully saturated rings. The number of halogens is 1. The molecule has 0 saturated heterocycles. The molecule has 2 aromatic rings. The lowest BCUT2D eigenvalue weighted by atomic mass is 9.78. The van der Waals surface area contributed by atoms with Gasteiger partial charge in [0.05, 0.1) is 5.41 Å². The van der Waals surface area contributed by atoms with E-state index in [2.05, 4.69) is 22.8 Å². The SMILES string of the molecule is O=C1C(c2ccccc2F)=NC2(CCCCCC2)N1C/C=C/c1cnc2c(c1)CC1(C2)C(=O)NC2=C1C=CCN2. The summed E-state index contributed by atoms with van der Waals surface area (Å²) in [4.78, 5) is 38.2. The lowest BCUT2D eigenvalue weighted by molar-refractivity contribution is -0.127. The van der Waals surface area contributed by atoms with E-state index in [0.29, 0.717) is 25.9 Å². The number of aliphatic imine (C=N–C) groups is 1. The van der Waals surface area contributed by atoms with Crippen molar-refractivity contribution < 1.29 is 14.0 Å². The molecule has 204 valence electrons. The standard InChI is InChI=1S/C32H32FN5O2/c33-25-12-4-3-10-23(25)27-29(39)38(32(37-27)13-5-1-2-6-14-32)16-8-9-21-17-22-18-31(19-26(22)35-20-21)24-11-7-15-34-28(24)36-30(31)40/h3-4,7-12,17,20,34H,1-2,5-6,13-16,18-19H2,(H,36,40)/b9-8+. The van der Waals surface area contributed by atoms with Gasteiger partial charge in [0.25, 0.3) is 5.91 Å². The summed E-state index contributed by atoms with van der Waals surface area (Å²) in [7, 11) is 0. The number of carbonyl (C=O) groups is 2. The predicted octanol–water partition coefficient (Wildman–Crippen LogP) is 4.20. The van der Waals surface area contributed by atoms with Gasteiger partial charge < -0.3 is 15.5 Å². The van der Waals surface area contributed by atoms with E-state index in [-0.39, 0.29) is 23.1 Å². The van der Waals surface area contributed by atoms with Crippen molar-refractivity contribution in [3.05, 3.63) is 94.4 Å². The Labute approximate surface area is 233 Å². The Hall–Kier alpha value is -4.07. The van der Waals surface area contributed by atoms with Crippen LogP contribution in [0.3, 0.4) is 0 Å². The minimum Gasteiger partial charge on any atom is -0.368 e. The number of carbonyl (C=O) groups excluding carboxylic acids is 2. The van der Waals surface area contributed by atoms with Gasteiger partial charge in [0.1, 0.15) is 23.0 Å². The Morgan fingerprint density at radius 1 is 1.07 bits per heavy atom. The highest BCUT2D eigenvalue weighted by molar-refractivity contribution is 6.46. The number of allylic oxidation sites excluding steroid dienone is 1. The topological polar surface area (TPSA) is 86.7 Å². The molecule has 0 radical (unpaired) electrons. The van der Waals surface area contributed by atoms with Crippen molar-refractivity contribution in [2.24, 2.45) is 10.4 Å². The molecule has 2 aliphatic carbocycles. The summed E-state index contributed by atoms with van der Waals surface area (Å²) >= 11 is 0. The molecule has 2 spiro atoms. The number of benzene rings is 1. The number of rotatable bonds is 4. The number of aromatic nitrogens is 1. The van der Waals surface area contributed by atoms with Crippen molar-refractivity contribution in [1.29, 1.82) is 0 Å². The minimum atomic E-state index is -0.624. The van der Waals surface area contributed by atoms with Gasteiger partial charge in [-0.1, -0.05) is 49.3 Å². The average Bonchev–Trinajstić information content (AvgIpc) is 3.48. The maximum atomic E-state index is 14.7. The number of hydrogen-bond donors (Lipinski definition) is 2. The first-order valence-corrected chi connectivity index (χ1v) is 14.3. The number of hydrogen-bond acceptors (Lipinski definition) is 5. The van der Waals surface area contributed by atoms with E-state index in [1.54, 1.807) is 18.2 Å². The molecule has 7 nitrogen and oxygen atoms in total. The zero-order valence-corrected chi connectivity index (χ0v) is 22.4. The molecule has 40 heavy (non-hydrogen) atoms. The molecule has 5 aliphatic rings. The first-order valence-electron chi connectivity index (χ1n) is 14.3. The second kappa shape index (κ2) is 9.54. The van der Waals surface area contributed by atoms with Gasteiger partial charge in [0, 0.05) is 42.5 Å². The summed E-state index contributed by atoms with van der Waals surface area (Å²) in [6.07, 6.45) is 16.9. The van der Waals surface area contributed by atoms with Crippen molar-refractivity contribution in [2.45, 2.75) is 57.0 Å². The quantitative estimate of drug-likeness (QED) is 0.612. The van der Waals surface area contributed by atoms with Crippen LogP contribution < -0.4 is 10.6 Å². The van der Waals surface area contributed by atoms with Crippen LogP contribution in [0.25, 0.3) is 6.08 Å². The maximum Gasteiger partial charge on any atom is 0.275 e. The molecule has 1 saturated carbocycles. The van der Waals surface area contributed by atoms with E-state index < -0.39 is 16.9 Å². The third kappa shape index (κ3) is 3.92. The molecule has 2 amide bonds. The molecule has 1 aromatic carbocycles. The van der Waals surface area contributed by atoms with Gasteiger partial charge in [0.15, 0.2) is 0 Å². The molecule has 1 unspecified atom stereocenters. The first-order chi connectivity index (χ1) is 19.5. The van der Waals surface area contributed by atoms with Gasteiger partial charge in [-0.15, -0.1) is 0 Å². The van der Waals surface area contributed by atoms with Crippen LogP contribution >= 0.6 is 0 Å². The first kappa shape index (κ1) is 24.9. The summed E-state index contributed by atoms with van der Waals surface area (Å²) < 4.78 is 14.7. The largest absolute Gasteiger partial charge is 0.368 e. The Balaban J connectivity index is 1.13. The molecule has 1 atom stereocenters. The van der Waals surface area contributed by atoms with E-state index in [1.807, 2.05) is 29.3 Å². The molecule has 3 aliphatic heterocycles. The number of nitrogens with zero attached hydrogens (tertiary/aromatic N) is 3. The summed E-state index contributed by atoms with van der Waals surface area (Å²) in [5, 5.41) is 6.29. The lowest BCUT2D eigenvalue weighted by Crippen LogP contribution is -2.46. The summed E-state index contributed by atoms with van der Waals surface area (Å²) in [6, 6.07) is 8.50. The zero-order valence-electron chi connectivity index (χ0n) is 22.4. The van der Waals surface area contributed by atoms with E-state index in [9.17, 15) is 14.0 Å². The summed E-state index contributed by atoms with van der Waals surface area (Å²) in [5.74, 6) is 0.214. The summed E-state index contributed by atoms with van der Waals surface area (Å²) in [5.41, 5.74) is 3.25. The fraction of sp³-hybridized carbons (Fsp3) is 0.375. The van der Waals surface area contributed by atoms with Gasteiger partial charge in [-0.3, -0.25) is 19.6 Å². The molecular formula is C32H32FN5O2. The number of nitrogens with one attached hydrogen (secondary N) is 2. The Kier molecular flexibility index (Phi) is 5.95. The highest BCUT2D eigenvalue weighted by Gasteiger charge is 2.52. The molecule has 4 heterocycles. The van der Waals surface area contributed by atoms with Crippen LogP contribution in [0.4, 0.5) is 4.39 Å². The molecule has 8 heteroatoms. The Morgan fingerprint density at radius 3 is 2.73 bits per heavy atom. The number of fused-ring (bicyclic) bond motifs is 2. The number of dihydropyridines is 1. The minimum absolute atomic E-state index is 0.0264. The molecule has 2 N–H and O–H groups in total. The predicted molar refractivity (Wildman–Crippen MR) is 151 cm³/mol. The van der Waals surface area contributed by atoms with Crippen molar-refractivity contribution in [3.8, 4) is 0 Å². The van der Waals surface area contributed by atoms with Crippen molar-refractivity contribution >= 4 is 23.6 Å². The second-order valence-electron chi connectivity index (χ2n) is 11.5. The van der Waals surface area contributed by atoms with E-state index in [4.69, 9.17) is 9.98 Å². The van der Waals surface area contributed by atoms with Gasteiger partial charge in [-0.05, 0) is 61.4 Å². The Morgan fingerprint density at radius 2 is 1.90 bits per heavy atom. The normalized spacial score (nSPS) is 24.9. The van der Waals surface area contributed by atoms with Crippen LogP contribution in [0, 0.1) is 11.2 Å². The van der Waals surface area contributed by atoms with E-state index >= 15 is 0 Å². The van der Waals surface area contributed by atoms with Gasteiger partial charge in [-0.25, -0.2) is 4.39 Å². The maximum absolute atomic E-state index is 14.7. The smallest absolute Gasteiger partial charge is 0.275 e. The third-order valence-corrected chi connectivity index (χ3v) is 9.08. The van der Waals surface area contributed by atoms with Crippen LogP contribution in [-0.4, -0.2) is 46.2 Å². The van der Waals surface area contributed by atoms with Crippen molar-refractivity contribution in [1.82, 2.24) is 20.5 Å². The molecule has 7 rings (SSSR count). The van der Waals surface area contributed by atoms with Gasteiger partial charge in [0.2, 0.25) is 5.91 Å².